The van der Waals surface area contributed by atoms with E-state index in [1.165, 1.54) is 0 Å². The summed E-state index contributed by atoms with van der Waals surface area (Å²) in [5.74, 6) is -2.09. The minimum absolute atomic E-state index is 0.109. The van der Waals surface area contributed by atoms with E-state index in [4.69, 9.17) is 5.73 Å². The SMILES string of the molecule is Nc1cc(NC(=O)Cc2ccccc2)c(F)cc1F. The first-order valence-corrected chi connectivity index (χ1v) is 5.64. The zero-order valence-corrected chi connectivity index (χ0v) is 9.99. The van der Waals surface area contributed by atoms with Gasteiger partial charge in [-0.3, -0.25) is 4.79 Å². The minimum atomic E-state index is -0.854. The second-order valence-electron chi connectivity index (χ2n) is 4.06. The Balaban J connectivity index is 2.09. The van der Waals surface area contributed by atoms with Crippen LogP contribution >= 0.6 is 0 Å². The first kappa shape index (κ1) is 13.0. The van der Waals surface area contributed by atoms with Gasteiger partial charge in [0.25, 0.3) is 0 Å². The van der Waals surface area contributed by atoms with E-state index in [0.717, 1.165) is 11.6 Å². The topological polar surface area (TPSA) is 55.1 Å². The number of nitrogens with one attached hydrogen (secondary N) is 1. The van der Waals surface area contributed by atoms with Crippen molar-refractivity contribution in [1.82, 2.24) is 0 Å². The lowest BCUT2D eigenvalue weighted by Gasteiger charge is -2.08. The summed E-state index contributed by atoms with van der Waals surface area (Å²) in [6.07, 6.45) is 0.109. The molecule has 0 aliphatic rings. The van der Waals surface area contributed by atoms with E-state index in [2.05, 4.69) is 5.32 Å². The number of halogens is 2. The summed E-state index contributed by atoms with van der Waals surface area (Å²) in [7, 11) is 0. The number of rotatable bonds is 3. The fourth-order valence-corrected chi connectivity index (χ4v) is 1.64. The van der Waals surface area contributed by atoms with Crippen LogP contribution in [0.5, 0.6) is 0 Å². The number of carbonyl (C=O) groups is 1. The average Bonchev–Trinajstić information content (AvgIpc) is 2.37. The summed E-state index contributed by atoms with van der Waals surface area (Å²) >= 11 is 0. The summed E-state index contributed by atoms with van der Waals surface area (Å²) in [4.78, 5) is 11.7. The molecule has 0 fully saturated rings. The van der Waals surface area contributed by atoms with Crippen LogP contribution in [0.1, 0.15) is 5.56 Å². The molecule has 0 unspecified atom stereocenters. The molecular weight excluding hydrogens is 250 g/mol. The Morgan fingerprint density at radius 3 is 2.47 bits per heavy atom. The molecule has 0 saturated heterocycles. The zero-order valence-electron chi connectivity index (χ0n) is 9.99. The molecule has 0 radical (unpaired) electrons. The van der Waals surface area contributed by atoms with Gasteiger partial charge < -0.3 is 11.1 Å². The number of nitrogen functional groups attached to an aromatic ring is 1. The molecule has 3 nitrogen and oxygen atoms in total. The van der Waals surface area contributed by atoms with Gasteiger partial charge in [-0.15, -0.1) is 0 Å². The van der Waals surface area contributed by atoms with Crippen LogP contribution in [0.25, 0.3) is 0 Å². The standard InChI is InChI=1S/C14H12F2N2O/c15-10-7-11(16)13(8-12(10)17)18-14(19)6-9-4-2-1-3-5-9/h1-5,7-8H,6,17H2,(H,18,19). The second kappa shape index (κ2) is 5.48. The number of carbonyl (C=O) groups excluding carboxylic acids is 1. The summed E-state index contributed by atoms with van der Waals surface area (Å²) in [6.45, 7) is 0. The first-order chi connectivity index (χ1) is 9.06. The molecule has 19 heavy (non-hydrogen) atoms. The van der Waals surface area contributed by atoms with Gasteiger partial charge in [0, 0.05) is 6.07 Å². The molecule has 0 aromatic heterocycles. The lowest BCUT2D eigenvalue weighted by Crippen LogP contribution is -2.15. The number of hydrogen-bond donors (Lipinski definition) is 2. The van der Waals surface area contributed by atoms with Crippen LogP contribution in [0.2, 0.25) is 0 Å². The fourth-order valence-electron chi connectivity index (χ4n) is 1.64. The molecule has 0 heterocycles. The summed E-state index contributed by atoms with van der Waals surface area (Å²) in [6, 6.07) is 10.7. The number of hydrogen-bond acceptors (Lipinski definition) is 2. The normalized spacial score (nSPS) is 10.2. The van der Waals surface area contributed by atoms with Gasteiger partial charge >= 0.3 is 0 Å². The van der Waals surface area contributed by atoms with E-state index in [1.807, 2.05) is 6.07 Å². The Labute approximate surface area is 109 Å². The van der Waals surface area contributed by atoms with Gasteiger partial charge in [-0.2, -0.15) is 0 Å². The molecule has 0 atom stereocenters. The smallest absolute Gasteiger partial charge is 0.228 e. The summed E-state index contributed by atoms with van der Waals surface area (Å²) in [5, 5.41) is 2.37. The molecular formula is C14H12F2N2O. The molecule has 0 aliphatic heterocycles. The van der Waals surface area contributed by atoms with Crippen LogP contribution in [0.4, 0.5) is 20.2 Å². The summed E-state index contributed by atoms with van der Waals surface area (Å²) < 4.78 is 26.4. The Morgan fingerprint density at radius 2 is 1.79 bits per heavy atom. The lowest BCUT2D eigenvalue weighted by molar-refractivity contribution is -0.115. The number of benzene rings is 2. The third kappa shape index (κ3) is 3.28. The Bertz CT molecular complexity index is 600. The molecule has 0 bridgehead atoms. The van der Waals surface area contributed by atoms with Crippen molar-refractivity contribution in [3.05, 3.63) is 59.7 Å². The van der Waals surface area contributed by atoms with Crippen LogP contribution in [0.3, 0.4) is 0 Å². The van der Waals surface area contributed by atoms with E-state index < -0.39 is 17.5 Å². The Hall–Kier alpha value is -2.43. The lowest BCUT2D eigenvalue weighted by atomic mass is 10.1. The monoisotopic (exact) mass is 262 g/mol. The minimum Gasteiger partial charge on any atom is -0.396 e. The maximum atomic E-state index is 13.4. The molecule has 0 spiro atoms. The number of anilines is 2. The summed E-state index contributed by atoms with van der Waals surface area (Å²) in [5.41, 5.74) is 5.79. The third-order valence-electron chi connectivity index (χ3n) is 2.57. The number of amides is 1. The molecule has 2 aromatic carbocycles. The molecule has 5 heteroatoms. The molecule has 0 saturated carbocycles. The maximum absolute atomic E-state index is 13.4. The predicted octanol–water partition coefficient (Wildman–Crippen LogP) is 2.73. The quantitative estimate of drug-likeness (QED) is 0.836. The average molecular weight is 262 g/mol. The van der Waals surface area contributed by atoms with Gasteiger partial charge in [0.2, 0.25) is 5.91 Å². The van der Waals surface area contributed by atoms with E-state index in [1.54, 1.807) is 24.3 Å². The largest absolute Gasteiger partial charge is 0.396 e. The zero-order chi connectivity index (χ0) is 13.8. The molecule has 2 rings (SSSR count). The van der Waals surface area contributed by atoms with Crippen molar-refractivity contribution in [2.24, 2.45) is 0 Å². The van der Waals surface area contributed by atoms with Crippen LogP contribution in [-0.2, 0) is 11.2 Å². The van der Waals surface area contributed by atoms with Gasteiger partial charge in [0.05, 0.1) is 17.8 Å². The highest BCUT2D eigenvalue weighted by Crippen LogP contribution is 2.21. The van der Waals surface area contributed by atoms with Crippen LogP contribution < -0.4 is 11.1 Å². The second-order valence-corrected chi connectivity index (χ2v) is 4.06. The third-order valence-corrected chi connectivity index (χ3v) is 2.57. The number of nitrogens with two attached hydrogens (primary N) is 1. The van der Waals surface area contributed by atoms with Crippen LogP contribution in [-0.4, -0.2) is 5.91 Å². The van der Waals surface area contributed by atoms with Crippen molar-refractivity contribution < 1.29 is 13.6 Å². The van der Waals surface area contributed by atoms with Crippen molar-refractivity contribution in [2.75, 3.05) is 11.1 Å². The Morgan fingerprint density at radius 1 is 1.11 bits per heavy atom. The molecule has 2 aromatic rings. The maximum Gasteiger partial charge on any atom is 0.228 e. The Kier molecular flexibility index (Phi) is 3.75. The highest BCUT2D eigenvalue weighted by Gasteiger charge is 2.11. The molecule has 1 amide bonds. The van der Waals surface area contributed by atoms with E-state index in [-0.39, 0.29) is 17.8 Å². The van der Waals surface area contributed by atoms with E-state index in [9.17, 15) is 13.6 Å². The van der Waals surface area contributed by atoms with Gasteiger partial charge in [-0.1, -0.05) is 30.3 Å². The van der Waals surface area contributed by atoms with Crippen LogP contribution in [0, 0.1) is 11.6 Å². The fraction of sp³-hybridized carbons (Fsp3) is 0.0714. The molecule has 0 aliphatic carbocycles. The van der Waals surface area contributed by atoms with Gasteiger partial charge in [0.1, 0.15) is 11.6 Å². The van der Waals surface area contributed by atoms with Gasteiger partial charge in [0.15, 0.2) is 0 Å². The van der Waals surface area contributed by atoms with Gasteiger partial charge in [-0.05, 0) is 11.6 Å². The van der Waals surface area contributed by atoms with E-state index in [0.29, 0.717) is 6.07 Å². The van der Waals surface area contributed by atoms with E-state index >= 15 is 0 Å². The predicted molar refractivity (Wildman–Crippen MR) is 69.5 cm³/mol. The van der Waals surface area contributed by atoms with Crippen molar-refractivity contribution in [3.8, 4) is 0 Å². The van der Waals surface area contributed by atoms with Crippen molar-refractivity contribution in [2.45, 2.75) is 6.42 Å². The highest BCUT2D eigenvalue weighted by atomic mass is 19.1. The van der Waals surface area contributed by atoms with Crippen molar-refractivity contribution in [3.63, 3.8) is 0 Å². The first-order valence-electron chi connectivity index (χ1n) is 5.64. The molecule has 98 valence electrons. The van der Waals surface area contributed by atoms with Gasteiger partial charge in [-0.25, -0.2) is 8.78 Å². The van der Waals surface area contributed by atoms with Crippen molar-refractivity contribution >= 4 is 17.3 Å². The molecule has 3 N–H and O–H groups in total. The van der Waals surface area contributed by atoms with Crippen LogP contribution in [0.15, 0.2) is 42.5 Å². The highest BCUT2D eigenvalue weighted by molar-refractivity contribution is 5.92. The van der Waals surface area contributed by atoms with Crippen molar-refractivity contribution in [1.29, 1.82) is 0 Å².